The molecule has 9 nitrogen and oxygen atoms in total. The highest BCUT2D eigenvalue weighted by atomic mass is 35.5. The number of carbonyl (C=O) groups is 2. The maximum Gasteiger partial charge on any atom is 0.406 e. The molecule has 2 aliphatic heterocycles. The van der Waals surface area contributed by atoms with Gasteiger partial charge in [-0.15, -0.1) is 0 Å². The Morgan fingerprint density at radius 2 is 1.95 bits per heavy atom. The first-order valence-corrected chi connectivity index (χ1v) is 13.9. The Morgan fingerprint density at radius 3 is 2.69 bits per heavy atom. The van der Waals surface area contributed by atoms with Crippen LogP contribution in [0, 0.1) is 5.92 Å². The molecule has 1 saturated heterocycles. The number of amides is 2. The summed E-state index contributed by atoms with van der Waals surface area (Å²) < 4.78 is 22.3. The van der Waals surface area contributed by atoms with Crippen molar-refractivity contribution in [3.8, 4) is 5.75 Å². The molecule has 0 radical (unpaired) electrons. The van der Waals surface area contributed by atoms with Gasteiger partial charge in [0.25, 0.3) is 5.91 Å². The molecule has 1 fully saturated rings. The number of ether oxygens (including phenoxy) is 4. The Morgan fingerprint density at radius 1 is 1.13 bits per heavy atom. The summed E-state index contributed by atoms with van der Waals surface area (Å²) in [6, 6.07) is 11.3. The zero-order valence-electron chi connectivity index (χ0n) is 22.6. The van der Waals surface area contributed by atoms with Gasteiger partial charge in [0.05, 0.1) is 20.3 Å². The first kappa shape index (κ1) is 29.1. The summed E-state index contributed by atoms with van der Waals surface area (Å²) in [4.78, 5) is 24.8. The molecule has 2 aromatic carbocycles. The van der Waals surface area contributed by atoms with Crippen LogP contribution in [0.4, 0.5) is 4.79 Å². The summed E-state index contributed by atoms with van der Waals surface area (Å²) in [5, 5.41) is 9.66. The summed E-state index contributed by atoms with van der Waals surface area (Å²) in [6.07, 6.45) is 2.77. The van der Waals surface area contributed by atoms with E-state index in [1.54, 1.807) is 6.07 Å². The SMILES string of the molecule is CN[C@H](CNC(=O)c1cc2c(c(C(OCCNC(=O)OC)c3cccc(Cl)c3)c1)CCO2)CC1CCOCC1. The maximum atomic E-state index is 13.4. The summed E-state index contributed by atoms with van der Waals surface area (Å²) in [7, 11) is 3.24. The van der Waals surface area contributed by atoms with E-state index in [2.05, 4.69) is 20.7 Å². The normalized spacial score (nSPS) is 16.6. The molecule has 1 unspecified atom stereocenters. The second-order valence-corrected chi connectivity index (χ2v) is 10.3. The Bertz CT molecular complexity index is 1120. The fourth-order valence-electron chi connectivity index (χ4n) is 5.13. The van der Waals surface area contributed by atoms with Crippen molar-refractivity contribution in [3.05, 3.63) is 63.7 Å². The number of hydrogen-bond acceptors (Lipinski definition) is 7. The monoisotopic (exact) mass is 559 g/mol. The van der Waals surface area contributed by atoms with E-state index in [1.165, 1.54) is 7.11 Å². The van der Waals surface area contributed by atoms with Crippen LogP contribution in [0.25, 0.3) is 0 Å². The van der Waals surface area contributed by atoms with Gasteiger partial charge < -0.3 is 34.9 Å². The van der Waals surface area contributed by atoms with Crippen molar-refractivity contribution in [2.75, 3.05) is 53.7 Å². The van der Waals surface area contributed by atoms with Crippen LogP contribution >= 0.6 is 11.6 Å². The van der Waals surface area contributed by atoms with E-state index in [4.69, 9.17) is 25.8 Å². The molecule has 3 N–H and O–H groups in total. The molecule has 2 aliphatic rings. The number of fused-ring (bicyclic) bond motifs is 1. The van der Waals surface area contributed by atoms with Gasteiger partial charge in [-0.3, -0.25) is 4.79 Å². The third-order valence-corrected chi connectivity index (χ3v) is 7.50. The Labute approximate surface area is 234 Å². The highest BCUT2D eigenvalue weighted by molar-refractivity contribution is 6.30. The fourth-order valence-corrected chi connectivity index (χ4v) is 5.33. The third kappa shape index (κ3) is 8.08. The van der Waals surface area contributed by atoms with E-state index in [0.29, 0.717) is 41.8 Å². The second kappa shape index (κ2) is 14.5. The number of benzene rings is 2. The van der Waals surface area contributed by atoms with Crippen LogP contribution in [0.2, 0.25) is 5.02 Å². The summed E-state index contributed by atoms with van der Waals surface area (Å²) in [5.74, 6) is 1.12. The molecule has 0 aromatic heterocycles. The van der Waals surface area contributed by atoms with Crippen molar-refractivity contribution in [3.63, 3.8) is 0 Å². The van der Waals surface area contributed by atoms with Crippen LogP contribution in [0.1, 0.15) is 52.4 Å². The van der Waals surface area contributed by atoms with Crippen molar-refractivity contribution in [1.82, 2.24) is 16.0 Å². The minimum atomic E-state index is -0.525. The predicted octanol–water partition coefficient (Wildman–Crippen LogP) is 3.87. The highest BCUT2D eigenvalue weighted by Gasteiger charge is 2.27. The average molecular weight is 560 g/mol. The molecule has 0 aliphatic carbocycles. The van der Waals surface area contributed by atoms with Crippen LogP contribution in [0.15, 0.2) is 36.4 Å². The van der Waals surface area contributed by atoms with Gasteiger partial charge in [-0.2, -0.15) is 0 Å². The fraction of sp³-hybridized carbons (Fsp3) is 0.517. The lowest BCUT2D eigenvalue weighted by atomic mass is 9.92. The molecule has 2 heterocycles. The van der Waals surface area contributed by atoms with Crippen molar-refractivity contribution < 1.29 is 28.5 Å². The number of alkyl carbamates (subject to hydrolysis) is 1. The minimum absolute atomic E-state index is 0.168. The number of halogens is 1. The van der Waals surface area contributed by atoms with E-state index < -0.39 is 12.2 Å². The number of carbonyl (C=O) groups excluding carboxylic acids is 2. The lowest BCUT2D eigenvalue weighted by Crippen LogP contribution is -2.41. The Balaban J connectivity index is 1.52. The quantitative estimate of drug-likeness (QED) is 0.339. The van der Waals surface area contributed by atoms with Gasteiger partial charge in [-0.05, 0) is 67.6 Å². The predicted molar refractivity (Wildman–Crippen MR) is 149 cm³/mol. The average Bonchev–Trinajstić information content (AvgIpc) is 3.44. The number of likely N-dealkylation sites (N-methyl/N-ethyl adjacent to an activating group) is 1. The van der Waals surface area contributed by atoms with Crippen LogP contribution < -0.4 is 20.7 Å². The summed E-state index contributed by atoms with van der Waals surface area (Å²) in [5.41, 5.74) is 3.21. The van der Waals surface area contributed by atoms with Crippen LogP contribution in [0.5, 0.6) is 5.75 Å². The lowest BCUT2D eigenvalue weighted by molar-refractivity contribution is 0.0605. The van der Waals surface area contributed by atoms with Gasteiger partial charge in [0.2, 0.25) is 0 Å². The first-order valence-electron chi connectivity index (χ1n) is 13.5. The molecular weight excluding hydrogens is 522 g/mol. The molecule has 4 rings (SSSR count). The molecule has 10 heteroatoms. The Kier molecular flexibility index (Phi) is 10.8. The van der Waals surface area contributed by atoms with E-state index in [0.717, 1.165) is 49.2 Å². The molecule has 0 spiro atoms. The van der Waals surface area contributed by atoms with Crippen molar-refractivity contribution in [2.24, 2.45) is 5.92 Å². The van der Waals surface area contributed by atoms with E-state index in [9.17, 15) is 9.59 Å². The smallest absolute Gasteiger partial charge is 0.406 e. The molecule has 2 atom stereocenters. The van der Waals surface area contributed by atoms with E-state index in [1.807, 2.05) is 37.4 Å². The topological polar surface area (TPSA) is 107 Å². The second-order valence-electron chi connectivity index (χ2n) is 9.85. The van der Waals surface area contributed by atoms with Crippen molar-refractivity contribution in [2.45, 2.75) is 37.8 Å². The summed E-state index contributed by atoms with van der Waals surface area (Å²) >= 11 is 6.32. The zero-order valence-corrected chi connectivity index (χ0v) is 23.4. The number of hydrogen-bond donors (Lipinski definition) is 3. The maximum absolute atomic E-state index is 13.4. The van der Waals surface area contributed by atoms with Crippen LogP contribution in [-0.4, -0.2) is 71.7 Å². The van der Waals surface area contributed by atoms with Gasteiger partial charge in [0.15, 0.2) is 0 Å². The standard InChI is InChI=1S/C29H38ClN3O6/c1-31-23(14-19-6-10-37-11-7-19)18-33-28(34)21-16-25(24-8-12-38-26(24)17-21)27(20-4-3-5-22(30)15-20)39-13-9-32-29(35)36-2/h3-5,15-17,19,23,27,31H,6-14,18H2,1-2H3,(H,32,35)(H,33,34)/t23-,27?/m0/s1. The van der Waals surface area contributed by atoms with Gasteiger partial charge in [0.1, 0.15) is 11.9 Å². The number of rotatable bonds is 12. The lowest BCUT2D eigenvalue weighted by Gasteiger charge is -2.26. The summed E-state index contributed by atoms with van der Waals surface area (Å²) in [6.45, 7) is 3.16. The van der Waals surface area contributed by atoms with Crippen molar-refractivity contribution in [1.29, 1.82) is 0 Å². The first-order chi connectivity index (χ1) is 19.0. The van der Waals surface area contributed by atoms with Gasteiger partial charge in [0, 0.05) is 54.9 Å². The molecule has 0 bridgehead atoms. The Hall–Kier alpha value is -2.85. The van der Waals surface area contributed by atoms with Gasteiger partial charge in [-0.25, -0.2) is 4.79 Å². The molecule has 39 heavy (non-hydrogen) atoms. The largest absolute Gasteiger partial charge is 0.493 e. The zero-order chi connectivity index (χ0) is 27.6. The van der Waals surface area contributed by atoms with Crippen molar-refractivity contribution >= 4 is 23.6 Å². The van der Waals surface area contributed by atoms with E-state index in [-0.39, 0.29) is 25.1 Å². The number of methoxy groups -OCH3 is 1. The van der Waals surface area contributed by atoms with Crippen LogP contribution in [-0.2, 0) is 20.6 Å². The molecule has 2 aromatic rings. The number of nitrogens with one attached hydrogen (secondary N) is 3. The highest BCUT2D eigenvalue weighted by Crippen LogP contribution is 2.38. The van der Waals surface area contributed by atoms with E-state index >= 15 is 0 Å². The molecule has 2 amide bonds. The van der Waals surface area contributed by atoms with Gasteiger partial charge >= 0.3 is 6.09 Å². The van der Waals surface area contributed by atoms with Crippen LogP contribution in [0.3, 0.4) is 0 Å². The third-order valence-electron chi connectivity index (χ3n) is 7.27. The molecular formula is C29H38ClN3O6. The minimum Gasteiger partial charge on any atom is -0.493 e. The molecule has 212 valence electrons. The van der Waals surface area contributed by atoms with Gasteiger partial charge in [-0.1, -0.05) is 23.7 Å². The molecule has 0 saturated carbocycles.